The van der Waals surface area contributed by atoms with Gasteiger partial charge >= 0.3 is 6.18 Å². The number of hydrogen-bond acceptors (Lipinski definition) is 2. The van der Waals surface area contributed by atoms with E-state index in [1.54, 1.807) is 0 Å². The van der Waals surface area contributed by atoms with Crippen LogP contribution in [0.15, 0.2) is 0 Å². The number of hydrogen-bond donors (Lipinski definition) is 2. The van der Waals surface area contributed by atoms with Crippen molar-refractivity contribution in [1.29, 1.82) is 0 Å². The van der Waals surface area contributed by atoms with Crippen LogP contribution in [0.5, 0.6) is 0 Å². The zero-order chi connectivity index (χ0) is 9.41. The highest BCUT2D eigenvalue weighted by Gasteiger charge is 2.50. The Morgan fingerprint density at radius 1 is 1.42 bits per heavy atom. The maximum atomic E-state index is 12.0. The van der Waals surface area contributed by atoms with Crippen LogP contribution in [0.1, 0.15) is 19.8 Å². The van der Waals surface area contributed by atoms with Gasteiger partial charge in [0.1, 0.15) is 0 Å². The summed E-state index contributed by atoms with van der Waals surface area (Å²) in [5, 5.41) is 11.0. The molecule has 1 aliphatic carbocycles. The third-order valence-corrected chi connectivity index (χ3v) is 1.98. The van der Waals surface area contributed by atoms with Crippen LogP contribution in [0.3, 0.4) is 0 Å². The van der Waals surface area contributed by atoms with Crippen molar-refractivity contribution in [3.05, 3.63) is 0 Å². The van der Waals surface area contributed by atoms with Gasteiger partial charge in [0.05, 0.1) is 0 Å². The second-order valence-electron chi connectivity index (χ2n) is 3.39. The van der Waals surface area contributed by atoms with Gasteiger partial charge in [-0.05, 0) is 25.7 Å². The minimum absolute atomic E-state index is 0.243. The molecule has 1 atom stereocenters. The Morgan fingerprint density at radius 3 is 2.25 bits per heavy atom. The first-order chi connectivity index (χ1) is 5.33. The molecule has 0 aromatic heterocycles. The van der Waals surface area contributed by atoms with Crippen molar-refractivity contribution in [1.82, 2.24) is 5.32 Å². The molecule has 72 valence electrons. The number of halogens is 3. The summed E-state index contributed by atoms with van der Waals surface area (Å²) in [4.78, 5) is 0. The lowest BCUT2D eigenvalue weighted by Gasteiger charge is -2.27. The van der Waals surface area contributed by atoms with E-state index in [1.807, 2.05) is 0 Å². The summed E-state index contributed by atoms with van der Waals surface area (Å²) in [6, 6.07) is 0. The first-order valence-corrected chi connectivity index (χ1v) is 3.87. The lowest BCUT2D eigenvalue weighted by molar-refractivity contribution is -0.265. The minimum Gasteiger partial charge on any atom is -0.368 e. The van der Waals surface area contributed by atoms with E-state index < -0.39 is 11.9 Å². The van der Waals surface area contributed by atoms with Gasteiger partial charge in [0.25, 0.3) is 0 Å². The van der Waals surface area contributed by atoms with Crippen molar-refractivity contribution < 1.29 is 18.3 Å². The van der Waals surface area contributed by atoms with E-state index in [4.69, 9.17) is 5.11 Å². The van der Waals surface area contributed by atoms with E-state index in [-0.39, 0.29) is 6.54 Å². The molecule has 12 heavy (non-hydrogen) atoms. The summed E-state index contributed by atoms with van der Waals surface area (Å²) in [5.74, 6) is 0.318. The van der Waals surface area contributed by atoms with Gasteiger partial charge < -0.3 is 5.11 Å². The average molecular weight is 183 g/mol. The monoisotopic (exact) mass is 183 g/mol. The van der Waals surface area contributed by atoms with Crippen LogP contribution in [0.25, 0.3) is 0 Å². The predicted molar refractivity (Wildman–Crippen MR) is 37.4 cm³/mol. The van der Waals surface area contributed by atoms with Gasteiger partial charge in [-0.1, -0.05) is 0 Å². The molecule has 0 aliphatic heterocycles. The van der Waals surface area contributed by atoms with Crippen LogP contribution in [0.2, 0.25) is 0 Å². The quantitative estimate of drug-likeness (QED) is 0.645. The first-order valence-electron chi connectivity index (χ1n) is 3.87. The van der Waals surface area contributed by atoms with E-state index in [1.165, 1.54) is 0 Å². The van der Waals surface area contributed by atoms with Crippen molar-refractivity contribution in [2.45, 2.75) is 31.7 Å². The van der Waals surface area contributed by atoms with E-state index in [2.05, 4.69) is 5.32 Å². The highest BCUT2D eigenvalue weighted by Crippen LogP contribution is 2.31. The number of aliphatic hydroxyl groups is 1. The molecule has 0 aromatic carbocycles. The van der Waals surface area contributed by atoms with Crippen molar-refractivity contribution in [2.24, 2.45) is 5.92 Å². The van der Waals surface area contributed by atoms with Crippen molar-refractivity contribution in [3.63, 3.8) is 0 Å². The van der Waals surface area contributed by atoms with E-state index in [0.717, 1.165) is 19.8 Å². The Morgan fingerprint density at radius 2 is 1.92 bits per heavy atom. The van der Waals surface area contributed by atoms with Gasteiger partial charge in [0, 0.05) is 6.54 Å². The van der Waals surface area contributed by atoms with Crippen LogP contribution < -0.4 is 5.32 Å². The summed E-state index contributed by atoms with van der Waals surface area (Å²) < 4.78 is 36.0. The van der Waals surface area contributed by atoms with Gasteiger partial charge in [-0.25, -0.2) is 0 Å². The third-order valence-electron chi connectivity index (χ3n) is 1.98. The molecule has 2 N–H and O–H groups in total. The molecular weight excluding hydrogens is 171 g/mol. The van der Waals surface area contributed by atoms with E-state index >= 15 is 0 Å². The minimum atomic E-state index is -4.60. The Kier molecular flexibility index (Phi) is 2.35. The predicted octanol–water partition coefficient (Wildman–Crippen LogP) is 1.26. The highest BCUT2D eigenvalue weighted by atomic mass is 19.4. The van der Waals surface area contributed by atoms with Crippen LogP contribution in [-0.2, 0) is 0 Å². The summed E-state index contributed by atoms with van der Waals surface area (Å²) in [6.07, 6.45) is -2.68. The van der Waals surface area contributed by atoms with Crippen molar-refractivity contribution >= 4 is 0 Å². The fourth-order valence-corrected chi connectivity index (χ4v) is 0.765. The molecule has 0 radical (unpaired) electrons. The summed E-state index contributed by atoms with van der Waals surface area (Å²) in [6.45, 7) is 0.974. The Balaban J connectivity index is 2.35. The molecule has 0 amide bonds. The summed E-state index contributed by atoms with van der Waals surface area (Å²) in [5.41, 5.74) is -2.74. The molecule has 1 fully saturated rings. The Hall–Kier alpha value is -0.290. The molecule has 2 nitrogen and oxygen atoms in total. The SMILES string of the molecule is CC(O)(NCC1CC1)C(F)(F)F. The normalized spacial score (nSPS) is 23.8. The van der Waals surface area contributed by atoms with Crippen LogP contribution in [-0.4, -0.2) is 23.6 Å². The van der Waals surface area contributed by atoms with Gasteiger partial charge in [0.15, 0.2) is 0 Å². The smallest absolute Gasteiger partial charge is 0.368 e. The molecule has 0 saturated heterocycles. The molecular formula is C7H12F3NO. The highest BCUT2D eigenvalue weighted by molar-refractivity contribution is 4.83. The molecule has 0 heterocycles. The molecule has 0 spiro atoms. The molecule has 1 unspecified atom stereocenters. The molecule has 0 bridgehead atoms. The van der Waals surface area contributed by atoms with Crippen LogP contribution in [0, 0.1) is 5.92 Å². The molecule has 1 aliphatic rings. The van der Waals surface area contributed by atoms with E-state index in [0.29, 0.717) is 5.92 Å². The largest absolute Gasteiger partial charge is 0.430 e. The molecule has 1 rings (SSSR count). The average Bonchev–Trinajstić information content (AvgIpc) is 2.62. The first kappa shape index (κ1) is 9.80. The Bertz CT molecular complexity index is 163. The second kappa shape index (κ2) is 2.88. The third kappa shape index (κ3) is 2.35. The van der Waals surface area contributed by atoms with Gasteiger partial charge in [-0.2, -0.15) is 13.2 Å². The maximum absolute atomic E-state index is 12.0. The second-order valence-corrected chi connectivity index (χ2v) is 3.39. The number of rotatable bonds is 3. The maximum Gasteiger partial charge on any atom is 0.430 e. The molecule has 1 saturated carbocycles. The van der Waals surface area contributed by atoms with E-state index in [9.17, 15) is 13.2 Å². The zero-order valence-corrected chi connectivity index (χ0v) is 6.78. The Labute approximate surface area is 68.8 Å². The van der Waals surface area contributed by atoms with Crippen molar-refractivity contribution in [2.75, 3.05) is 6.54 Å². The van der Waals surface area contributed by atoms with Crippen LogP contribution >= 0.6 is 0 Å². The zero-order valence-electron chi connectivity index (χ0n) is 6.78. The summed E-state index contributed by atoms with van der Waals surface area (Å²) in [7, 11) is 0. The summed E-state index contributed by atoms with van der Waals surface area (Å²) >= 11 is 0. The topological polar surface area (TPSA) is 32.3 Å². The lowest BCUT2D eigenvalue weighted by Crippen LogP contribution is -2.54. The fourth-order valence-electron chi connectivity index (χ4n) is 0.765. The molecule has 0 aromatic rings. The van der Waals surface area contributed by atoms with Gasteiger partial charge in [-0.15, -0.1) is 0 Å². The van der Waals surface area contributed by atoms with Gasteiger partial charge in [0.2, 0.25) is 5.72 Å². The standard InChI is InChI=1S/C7H12F3NO/c1-6(12,7(8,9)10)11-4-5-2-3-5/h5,11-12H,2-4H2,1H3. The number of alkyl halides is 3. The van der Waals surface area contributed by atoms with Gasteiger partial charge in [-0.3, -0.25) is 5.32 Å². The fraction of sp³-hybridized carbons (Fsp3) is 1.00. The van der Waals surface area contributed by atoms with Crippen LogP contribution in [0.4, 0.5) is 13.2 Å². The lowest BCUT2D eigenvalue weighted by atomic mass is 10.2. The molecule has 5 heteroatoms. The van der Waals surface area contributed by atoms with Crippen molar-refractivity contribution in [3.8, 4) is 0 Å². The number of nitrogens with one attached hydrogen (secondary N) is 1.